The van der Waals surface area contributed by atoms with E-state index in [1.807, 2.05) is 6.92 Å². The summed E-state index contributed by atoms with van der Waals surface area (Å²) in [6.07, 6.45) is 2.12. The van der Waals surface area contributed by atoms with Crippen LogP contribution in [0, 0.1) is 0 Å². The summed E-state index contributed by atoms with van der Waals surface area (Å²) in [6, 6.07) is 5.09. The molecule has 1 heterocycles. The third kappa shape index (κ3) is 3.08. The lowest BCUT2D eigenvalue weighted by Gasteiger charge is -2.08. The highest BCUT2D eigenvalue weighted by Crippen LogP contribution is 2.21. The Labute approximate surface area is 119 Å². The van der Waals surface area contributed by atoms with Gasteiger partial charge < -0.3 is 0 Å². The highest BCUT2D eigenvalue weighted by molar-refractivity contribution is 6.35. The first-order valence-corrected chi connectivity index (χ1v) is 6.53. The van der Waals surface area contributed by atoms with Crippen LogP contribution in [0.4, 0.5) is 0 Å². The van der Waals surface area contributed by atoms with E-state index in [0.717, 1.165) is 5.56 Å². The van der Waals surface area contributed by atoms with Crippen molar-refractivity contribution in [3.8, 4) is 0 Å². The molecule has 100 valence electrons. The first kappa shape index (κ1) is 13.9. The molecule has 1 aromatic heterocycles. The molecule has 4 nitrogen and oxygen atoms in total. The Hall–Kier alpha value is -1.52. The topological polar surface area (TPSA) is 54.9 Å². The minimum atomic E-state index is -0.451. The summed E-state index contributed by atoms with van der Waals surface area (Å²) < 4.78 is 1.43. The molecule has 0 atom stereocenters. The van der Waals surface area contributed by atoms with Crippen LogP contribution in [0.1, 0.15) is 18.1 Å². The summed E-state index contributed by atoms with van der Waals surface area (Å²) in [5, 5.41) is 1.03. The molecule has 6 heteroatoms. The number of aromatic nitrogens is 2. The SMILES string of the molecule is CCc1cn(Cc2ccc(Cl)cc2Cl)c(=O)[nH]c1=O. The number of hydrogen-bond acceptors (Lipinski definition) is 2. The van der Waals surface area contributed by atoms with Gasteiger partial charge in [0.25, 0.3) is 5.56 Å². The maximum atomic E-state index is 11.7. The van der Waals surface area contributed by atoms with Crippen LogP contribution in [0.3, 0.4) is 0 Å². The number of aromatic amines is 1. The number of halogens is 2. The zero-order valence-electron chi connectivity index (χ0n) is 10.2. The maximum Gasteiger partial charge on any atom is 0.328 e. The number of benzene rings is 1. The molecule has 0 aliphatic heterocycles. The van der Waals surface area contributed by atoms with Crippen molar-refractivity contribution in [1.82, 2.24) is 9.55 Å². The van der Waals surface area contributed by atoms with E-state index in [0.29, 0.717) is 28.6 Å². The molecule has 2 rings (SSSR count). The normalized spacial score (nSPS) is 10.7. The second-order valence-corrected chi connectivity index (χ2v) is 4.97. The van der Waals surface area contributed by atoms with Gasteiger partial charge in [-0.25, -0.2) is 4.79 Å². The average Bonchev–Trinajstić information content (AvgIpc) is 2.35. The second kappa shape index (κ2) is 5.63. The summed E-state index contributed by atoms with van der Waals surface area (Å²) in [7, 11) is 0. The van der Waals surface area contributed by atoms with E-state index in [1.54, 1.807) is 24.4 Å². The average molecular weight is 299 g/mol. The smallest absolute Gasteiger partial charge is 0.296 e. The number of aryl methyl sites for hydroxylation is 1. The summed E-state index contributed by atoms with van der Waals surface area (Å²) in [4.78, 5) is 25.5. The van der Waals surface area contributed by atoms with Crippen LogP contribution in [0.25, 0.3) is 0 Å². The zero-order valence-corrected chi connectivity index (χ0v) is 11.8. The highest BCUT2D eigenvalue weighted by atomic mass is 35.5. The molecule has 0 amide bonds. The monoisotopic (exact) mass is 298 g/mol. The van der Waals surface area contributed by atoms with Gasteiger partial charge in [0.15, 0.2) is 0 Å². The largest absolute Gasteiger partial charge is 0.328 e. The van der Waals surface area contributed by atoms with Crippen molar-refractivity contribution < 1.29 is 0 Å². The Morgan fingerprint density at radius 2 is 1.95 bits per heavy atom. The zero-order chi connectivity index (χ0) is 14.0. The number of rotatable bonds is 3. The molecular weight excluding hydrogens is 287 g/mol. The van der Waals surface area contributed by atoms with Crippen molar-refractivity contribution in [2.75, 3.05) is 0 Å². The molecule has 0 saturated carbocycles. The van der Waals surface area contributed by atoms with Gasteiger partial charge in [-0.3, -0.25) is 14.3 Å². The first-order chi connectivity index (χ1) is 9.01. The Balaban J connectivity index is 2.43. The lowest BCUT2D eigenvalue weighted by Crippen LogP contribution is -2.31. The molecule has 0 aliphatic carbocycles. The van der Waals surface area contributed by atoms with Gasteiger partial charge >= 0.3 is 5.69 Å². The van der Waals surface area contributed by atoms with Crippen LogP contribution in [0.15, 0.2) is 34.0 Å². The van der Waals surface area contributed by atoms with Crippen molar-refractivity contribution in [3.05, 3.63) is 66.4 Å². The second-order valence-electron chi connectivity index (χ2n) is 4.13. The van der Waals surface area contributed by atoms with Gasteiger partial charge in [-0.2, -0.15) is 0 Å². The summed E-state index contributed by atoms with van der Waals surface area (Å²) >= 11 is 11.9. The number of H-pyrrole nitrogens is 1. The Morgan fingerprint density at radius 1 is 1.21 bits per heavy atom. The van der Waals surface area contributed by atoms with Crippen molar-refractivity contribution in [3.63, 3.8) is 0 Å². The van der Waals surface area contributed by atoms with E-state index >= 15 is 0 Å². The number of nitrogens with zero attached hydrogens (tertiary/aromatic N) is 1. The molecule has 2 aromatic rings. The van der Waals surface area contributed by atoms with Crippen LogP contribution in [-0.2, 0) is 13.0 Å². The van der Waals surface area contributed by atoms with Gasteiger partial charge in [0, 0.05) is 21.8 Å². The Kier molecular flexibility index (Phi) is 4.12. The van der Waals surface area contributed by atoms with Crippen LogP contribution < -0.4 is 11.2 Å². The molecule has 19 heavy (non-hydrogen) atoms. The molecule has 0 unspecified atom stereocenters. The molecule has 0 bridgehead atoms. The quantitative estimate of drug-likeness (QED) is 0.946. The van der Waals surface area contributed by atoms with Crippen molar-refractivity contribution in [2.45, 2.75) is 19.9 Å². The molecular formula is C13H12Cl2N2O2. The van der Waals surface area contributed by atoms with Crippen LogP contribution in [0.2, 0.25) is 10.0 Å². The Bertz CT molecular complexity index is 719. The molecule has 0 spiro atoms. The maximum absolute atomic E-state index is 11.7. The van der Waals surface area contributed by atoms with Crippen LogP contribution >= 0.6 is 23.2 Å². The van der Waals surface area contributed by atoms with Crippen molar-refractivity contribution in [1.29, 1.82) is 0 Å². The van der Waals surface area contributed by atoms with Gasteiger partial charge in [-0.05, 0) is 24.1 Å². The fourth-order valence-corrected chi connectivity index (χ4v) is 2.23. The fraction of sp³-hybridized carbons (Fsp3) is 0.231. The van der Waals surface area contributed by atoms with E-state index < -0.39 is 5.69 Å². The lowest BCUT2D eigenvalue weighted by molar-refractivity contribution is 0.708. The van der Waals surface area contributed by atoms with Crippen LogP contribution in [-0.4, -0.2) is 9.55 Å². The summed E-state index contributed by atoms with van der Waals surface area (Å²) in [5.74, 6) is 0. The fourth-order valence-electron chi connectivity index (χ4n) is 1.76. The van der Waals surface area contributed by atoms with Gasteiger partial charge in [0.1, 0.15) is 0 Å². The van der Waals surface area contributed by atoms with E-state index in [-0.39, 0.29) is 5.56 Å². The third-order valence-electron chi connectivity index (χ3n) is 2.82. The number of nitrogens with one attached hydrogen (secondary N) is 1. The summed E-state index contributed by atoms with van der Waals surface area (Å²) in [6.45, 7) is 2.15. The van der Waals surface area contributed by atoms with E-state index in [2.05, 4.69) is 4.98 Å². The standard InChI is InChI=1S/C13H12Cl2N2O2/c1-2-8-6-17(13(19)16-12(8)18)7-9-3-4-10(14)5-11(9)15/h3-6H,2,7H2,1H3,(H,16,18,19). The van der Waals surface area contributed by atoms with Crippen molar-refractivity contribution in [2.24, 2.45) is 0 Å². The van der Waals surface area contributed by atoms with Gasteiger partial charge in [0.2, 0.25) is 0 Å². The Morgan fingerprint density at radius 3 is 2.58 bits per heavy atom. The van der Waals surface area contributed by atoms with Gasteiger partial charge in [0.05, 0.1) is 6.54 Å². The predicted molar refractivity (Wildman–Crippen MR) is 76.3 cm³/mol. The minimum absolute atomic E-state index is 0.290. The molecule has 0 saturated heterocycles. The molecule has 0 fully saturated rings. The number of hydrogen-bond donors (Lipinski definition) is 1. The van der Waals surface area contributed by atoms with Gasteiger partial charge in [-0.1, -0.05) is 36.2 Å². The highest BCUT2D eigenvalue weighted by Gasteiger charge is 2.06. The van der Waals surface area contributed by atoms with E-state index in [4.69, 9.17) is 23.2 Å². The molecule has 0 aliphatic rings. The van der Waals surface area contributed by atoms with Crippen molar-refractivity contribution >= 4 is 23.2 Å². The van der Waals surface area contributed by atoms with Crippen LogP contribution in [0.5, 0.6) is 0 Å². The summed E-state index contributed by atoms with van der Waals surface area (Å²) in [5.41, 5.74) is 0.533. The third-order valence-corrected chi connectivity index (χ3v) is 3.41. The molecule has 1 aromatic carbocycles. The molecule has 0 radical (unpaired) electrons. The van der Waals surface area contributed by atoms with E-state index in [1.165, 1.54) is 4.57 Å². The molecule has 1 N–H and O–H groups in total. The predicted octanol–water partition coefficient (Wildman–Crippen LogP) is 2.45. The lowest BCUT2D eigenvalue weighted by atomic mass is 10.2. The van der Waals surface area contributed by atoms with Gasteiger partial charge in [-0.15, -0.1) is 0 Å². The first-order valence-electron chi connectivity index (χ1n) is 5.78. The van der Waals surface area contributed by atoms with E-state index in [9.17, 15) is 9.59 Å². The minimum Gasteiger partial charge on any atom is -0.296 e.